The second-order valence-electron chi connectivity index (χ2n) is 17.5. The molecule has 17 heteroatoms. The molecule has 63 heavy (non-hydrogen) atoms. The van der Waals surface area contributed by atoms with Crippen LogP contribution in [0.3, 0.4) is 0 Å². The molecular weight excluding hydrogens is 847 g/mol. The van der Waals surface area contributed by atoms with E-state index >= 15 is 4.39 Å². The summed E-state index contributed by atoms with van der Waals surface area (Å²) < 4.78 is 48.2. The van der Waals surface area contributed by atoms with Crippen molar-refractivity contribution in [3.8, 4) is 5.75 Å². The number of thiophene rings is 1. The van der Waals surface area contributed by atoms with Crippen molar-refractivity contribution in [1.29, 1.82) is 0 Å². The molecule has 3 amide bonds. The van der Waals surface area contributed by atoms with Gasteiger partial charge in [-0.05, 0) is 105 Å². The van der Waals surface area contributed by atoms with Crippen LogP contribution in [0.4, 0.5) is 10.1 Å². The maximum atomic E-state index is 16.6. The number of nitrogens with zero attached hydrogens (tertiary/aromatic N) is 4. The van der Waals surface area contributed by atoms with Crippen LogP contribution in [0.2, 0.25) is 0 Å². The number of nitrogens with one attached hydrogen (secondary N) is 2. The molecule has 0 bridgehead atoms. The van der Waals surface area contributed by atoms with E-state index in [4.69, 9.17) is 14.0 Å². The monoisotopic (exact) mass is 900 g/mol. The lowest BCUT2D eigenvalue weighted by Gasteiger charge is -2.44. The number of likely N-dealkylation sites (tertiary alicyclic amines) is 1. The number of pyridine rings is 1. The molecule has 4 saturated heterocycles. The highest BCUT2D eigenvalue weighted by Gasteiger charge is 2.53. The molecule has 8 atom stereocenters. The molecule has 2 aromatic heterocycles. The van der Waals surface area contributed by atoms with E-state index in [2.05, 4.69) is 20.3 Å². The molecular formula is C46H54FN6O8PS. The number of carbonyl (C=O) groups is 4. The molecule has 4 aromatic rings. The number of hydrogen-bond acceptors (Lipinski definition) is 11. The minimum absolute atomic E-state index is 0.0328. The van der Waals surface area contributed by atoms with Crippen LogP contribution in [0.15, 0.2) is 73.1 Å². The van der Waals surface area contributed by atoms with E-state index < -0.39 is 43.4 Å². The lowest BCUT2D eigenvalue weighted by atomic mass is 9.90. The predicted molar refractivity (Wildman–Crippen MR) is 237 cm³/mol. The fourth-order valence-electron chi connectivity index (χ4n) is 9.68. The van der Waals surface area contributed by atoms with Gasteiger partial charge in [-0.25, -0.2) is 9.48 Å². The number of aromatic nitrogens is 1. The first-order valence-corrected chi connectivity index (χ1v) is 24.7. The molecule has 2 N–H and O–H groups in total. The SMILES string of the molecule is CCCOC(=O)[C@H](C)NP(=O)(Oc1ccccc1)[C@H](F)c1ccc2sc(C(=O)N[C@H]3C[C@@H]4C[C@@H]4C[C@H]4CC[C@@H](C(=O)N5CC(c6cnccc6N6CCOCC6)C5)N4C3=O)cc2c1. The molecule has 0 spiro atoms. The zero-order chi connectivity index (χ0) is 43.8. The van der Waals surface area contributed by atoms with Gasteiger partial charge in [-0.3, -0.25) is 28.7 Å². The molecule has 5 fully saturated rings. The number of morpholine rings is 1. The number of para-hydroxylation sites is 1. The molecule has 5 aliphatic rings. The van der Waals surface area contributed by atoms with Gasteiger partial charge >= 0.3 is 13.5 Å². The average Bonchev–Trinajstić information content (AvgIpc) is 3.62. The van der Waals surface area contributed by atoms with Crippen molar-refractivity contribution >= 4 is 58.3 Å². The number of rotatable bonds is 14. The molecule has 1 aliphatic carbocycles. The minimum Gasteiger partial charge on any atom is -0.465 e. The van der Waals surface area contributed by atoms with Gasteiger partial charge in [0.15, 0.2) is 0 Å². The number of fused-ring (bicyclic) bond motifs is 3. The lowest BCUT2D eigenvalue weighted by molar-refractivity contribution is -0.149. The van der Waals surface area contributed by atoms with Crippen molar-refractivity contribution in [2.75, 3.05) is 50.9 Å². The fraction of sp³-hybridized carbons (Fsp3) is 0.500. The van der Waals surface area contributed by atoms with Crippen LogP contribution >= 0.6 is 18.9 Å². The van der Waals surface area contributed by atoms with Crippen molar-refractivity contribution in [2.24, 2.45) is 11.8 Å². The molecule has 334 valence electrons. The third kappa shape index (κ3) is 9.09. The van der Waals surface area contributed by atoms with E-state index in [0.717, 1.165) is 43.6 Å². The Morgan fingerprint density at radius 2 is 1.79 bits per heavy atom. The lowest BCUT2D eigenvalue weighted by Crippen LogP contribution is -2.59. The molecule has 1 unspecified atom stereocenters. The molecule has 4 aliphatic heterocycles. The number of esters is 1. The fourth-order valence-corrected chi connectivity index (χ4v) is 12.5. The summed E-state index contributed by atoms with van der Waals surface area (Å²) in [6.07, 6.45) is 8.02. The number of amides is 3. The third-order valence-electron chi connectivity index (χ3n) is 13.1. The van der Waals surface area contributed by atoms with Crippen LogP contribution in [-0.2, 0) is 28.4 Å². The van der Waals surface area contributed by atoms with Gasteiger partial charge in [0.2, 0.25) is 17.7 Å². The Hall–Kier alpha value is -4.89. The highest BCUT2D eigenvalue weighted by Crippen LogP contribution is 2.58. The van der Waals surface area contributed by atoms with Crippen LogP contribution in [0, 0.1) is 11.8 Å². The Labute approximate surface area is 370 Å². The maximum Gasteiger partial charge on any atom is 0.355 e. The summed E-state index contributed by atoms with van der Waals surface area (Å²) >= 11 is 1.21. The summed E-state index contributed by atoms with van der Waals surface area (Å²) in [4.78, 5) is 66.1. The normalized spacial score (nSPS) is 25.4. The van der Waals surface area contributed by atoms with Crippen molar-refractivity contribution in [2.45, 2.75) is 88.4 Å². The largest absolute Gasteiger partial charge is 0.465 e. The Morgan fingerprint density at radius 3 is 2.57 bits per heavy atom. The number of anilines is 1. The number of carbonyl (C=O) groups excluding carboxylic acids is 4. The topological polar surface area (TPSA) is 160 Å². The highest BCUT2D eigenvalue weighted by atomic mass is 32.1. The minimum atomic E-state index is -4.45. The summed E-state index contributed by atoms with van der Waals surface area (Å²) in [6.45, 7) is 7.55. The molecule has 14 nitrogen and oxygen atoms in total. The van der Waals surface area contributed by atoms with E-state index in [1.165, 1.54) is 30.4 Å². The molecule has 1 saturated carbocycles. The predicted octanol–water partition coefficient (Wildman–Crippen LogP) is 6.82. The smallest absolute Gasteiger partial charge is 0.355 e. The Balaban J connectivity index is 0.887. The van der Waals surface area contributed by atoms with Crippen LogP contribution in [0.1, 0.15) is 85.0 Å². The summed E-state index contributed by atoms with van der Waals surface area (Å²) in [5.74, 6) is -2.46. The van der Waals surface area contributed by atoms with Gasteiger partial charge in [0.1, 0.15) is 23.9 Å². The number of benzene rings is 2. The summed E-state index contributed by atoms with van der Waals surface area (Å²) in [6, 6.07) is 14.0. The highest BCUT2D eigenvalue weighted by molar-refractivity contribution is 7.57. The van der Waals surface area contributed by atoms with Gasteiger partial charge < -0.3 is 34.0 Å². The van der Waals surface area contributed by atoms with Gasteiger partial charge in [0.25, 0.3) is 5.91 Å². The number of alkyl halides is 1. The summed E-state index contributed by atoms with van der Waals surface area (Å²) in [5, 5.41) is 6.19. The van der Waals surface area contributed by atoms with Crippen molar-refractivity contribution < 1.29 is 42.1 Å². The summed E-state index contributed by atoms with van der Waals surface area (Å²) in [7, 11) is -4.45. The average molecular weight is 901 g/mol. The molecule has 2 aromatic carbocycles. The Kier molecular flexibility index (Phi) is 12.6. The first kappa shape index (κ1) is 43.4. The van der Waals surface area contributed by atoms with Crippen molar-refractivity contribution in [3.63, 3.8) is 0 Å². The number of halogens is 1. The van der Waals surface area contributed by atoms with E-state index in [0.29, 0.717) is 72.4 Å². The van der Waals surface area contributed by atoms with E-state index in [9.17, 15) is 23.7 Å². The molecule has 6 heterocycles. The molecule has 0 radical (unpaired) electrons. The third-order valence-corrected chi connectivity index (χ3v) is 16.4. The quantitative estimate of drug-likeness (QED) is 0.101. The van der Waals surface area contributed by atoms with Crippen LogP contribution < -0.4 is 19.8 Å². The van der Waals surface area contributed by atoms with Gasteiger partial charge in [-0.1, -0.05) is 31.2 Å². The zero-order valence-corrected chi connectivity index (χ0v) is 37.2. The van der Waals surface area contributed by atoms with Gasteiger partial charge in [-0.15, -0.1) is 11.3 Å². The van der Waals surface area contributed by atoms with Gasteiger partial charge in [0.05, 0.1) is 24.7 Å². The number of ether oxygens (including phenoxy) is 2. The van der Waals surface area contributed by atoms with E-state index in [-0.39, 0.29) is 41.7 Å². The standard InChI is InChI=1S/C46H54FN6O8PS/c1-3-17-60-46(57)28(2)50-62(58,61-35-7-5-4-6-8-35)42(47)29-9-12-40-32(20-29)24-41(63-40)43(54)49-37-23-31-21-30(31)22-34-10-11-39(53(34)44(37)55)45(56)52-26-33(27-52)36-25-48-14-13-38(36)51-15-18-59-19-16-51/h4-9,12-14,20,24-25,28,30-31,33-34,37,39,42H,3,10-11,15-19,21-23,26-27H2,1-2H3,(H,49,54)(H,50,58)/t28-,30+,31-,34+,37-,39-,42-,62?/m0/s1. The summed E-state index contributed by atoms with van der Waals surface area (Å²) in [5.41, 5.74) is 2.30. The van der Waals surface area contributed by atoms with Crippen LogP contribution in [0.25, 0.3) is 10.1 Å². The number of hydrogen-bond donors (Lipinski definition) is 2. The van der Waals surface area contributed by atoms with Gasteiger partial charge in [0, 0.05) is 66.5 Å². The first-order chi connectivity index (χ1) is 30.5. The Bertz CT molecular complexity index is 2390. The zero-order valence-electron chi connectivity index (χ0n) is 35.5. The van der Waals surface area contributed by atoms with Crippen LogP contribution in [-0.4, -0.2) is 109 Å². The second-order valence-corrected chi connectivity index (χ2v) is 20.7. The van der Waals surface area contributed by atoms with Crippen molar-refractivity contribution in [3.05, 3.63) is 89.1 Å². The molecule has 9 rings (SSSR count). The van der Waals surface area contributed by atoms with E-state index in [1.54, 1.807) is 53.6 Å². The van der Waals surface area contributed by atoms with E-state index in [1.807, 2.05) is 24.1 Å². The second kappa shape index (κ2) is 18.3. The van der Waals surface area contributed by atoms with Crippen LogP contribution in [0.5, 0.6) is 5.75 Å². The van der Waals surface area contributed by atoms with Gasteiger partial charge in [-0.2, -0.15) is 0 Å². The maximum absolute atomic E-state index is 16.6. The first-order valence-electron chi connectivity index (χ1n) is 22.1. The van der Waals surface area contributed by atoms with Crippen molar-refractivity contribution in [1.82, 2.24) is 25.2 Å². The Morgan fingerprint density at radius 1 is 1.02 bits per heavy atom.